The molecule has 0 aliphatic carbocycles. The number of aryl methyl sites for hydroxylation is 2. The van der Waals surface area contributed by atoms with Gasteiger partial charge in [-0.25, -0.2) is 5.11 Å². The van der Waals surface area contributed by atoms with Crippen molar-refractivity contribution in [2.24, 2.45) is 0 Å². The zero-order valence-electron chi connectivity index (χ0n) is 11.8. The summed E-state index contributed by atoms with van der Waals surface area (Å²) in [7, 11) is 0. The van der Waals surface area contributed by atoms with Gasteiger partial charge in [-0.3, -0.25) is 0 Å². The Hall–Kier alpha value is -0.820. The van der Waals surface area contributed by atoms with Crippen LogP contribution in [0.2, 0.25) is 0 Å². The van der Waals surface area contributed by atoms with Crippen LogP contribution in [0, 0.1) is 6.92 Å². The number of benzene rings is 1. The third-order valence-electron chi connectivity index (χ3n) is 3.48. The Bertz CT molecular complexity index is 289. The van der Waals surface area contributed by atoms with E-state index in [0.717, 1.165) is 12.8 Å². The van der Waals surface area contributed by atoms with Crippen LogP contribution < -0.4 is 0 Å². The second-order valence-corrected chi connectivity index (χ2v) is 5.27. The van der Waals surface area contributed by atoms with E-state index in [4.69, 9.17) is 0 Å². The van der Waals surface area contributed by atoms with Crippen LogP contribution >= 0.6 is 0 Å². The molecule has 0 saturated heterocycles. The lowest BCUT2D eigenvalue weighted by atomic mass is 10.0. The zero-order valence-corrected chi connectivity index (χ0v) is 11.8. The fourth-order valence-electron chi connectivity index (χ4n) is 2.25. The number of unbranched alkanes of at least 4 members (excludes halogenated alkanes) is 7. The van der Waals surface area contributed by atoms with Gasteiger partial charge in [-0.1, -0.05) is 68.4 Å². The van der Waals surface area contributed by atoms with Crippen molar-refractivity contribution in [1.82, 2.24) is 0 Å². The first kappa shape index (κ1) is 15.2. The monoisotopic (exact) mass is 247 g/mol. The summed E-state index contributed by atoms with van der Waals surface area (Å²) in [5, 5.41) is 10.3. The Morgan fingerprint density at radius 1 is 0.722 bits per heavy atom. The van der Waals surface area contributed by atoms with E-state index in [-0.39, 0.29) is 6.61 Å². The Morgan fingerprint density at radius 3 is 1.78 bits per heavy atom. The quantitative estimate of drug-likeness (QED) is 0.513. The molecule has 0 unspecified atom stereocenters. The molecule has 0 aliphatic rings. The van der Waals surface area contributed by atoms with Crippen molar-refractivity contribution in [1.29, 1.82) is 0 Å². The van der Waals surface area contributed by atoms with Crippen molar-refractivity contribution in [3.63, 3.8) is 0 Å². The van der Waals surface area contributed by atoms with Crippen molar-refractivity contribution in [2.45, 2.75) is 64.7 Å². The van der Waals surface area contributed by atoms with Gasteiger partial charge in [0, 0.05) is 0 Å². The SMILES string of the molecule is Cc1ccc(CCCCCCCCCC[O])cc1. The predicted octanol–water partition coefficient (Wildman–Crippen LogP) is 5.09. The van der Waals surface area contributed by atoms with Gasteiger partial charge in [0.1, 0.15) is 0 Å². The predicted molar refractivity (Wildman–Crippen MR) is 77.4 cm³/mol. The summed E-state index contributed by atoms with van der Waals surface area (Å²) in [6.45, 7) is 2.24. The van der Waals surface area contributed by atoms with E-state index in [1.165, 1.54) is 56.1 Å². The Kier molecular flexibility index (Phi) is 8.58. The maximum atomic E-state index is 10.3. The standard InChI is InChI=1S/C17H27O/c1-16-11-13-17(14-12-16)10-8-6-4-2-3-5-7-9-15-18/h11-14H,2-10,15H2,1H3. The minimum absolute atomic E-state index is 0.108. The lowest BCUT2D eigenvalue weighted by Crippen LogP contribution is -1.87. The molecule has 1 heteroatoms. The molecule has 1 aromatic carbocycles. The van der Waals surface area contributed by atoms with Gasteiger partial charge in [0.15, 0.2) is 0 Å². The molecule has 0 spiro atoms. The number of rotatable bonds is 10. The maximum absolute atomic E-state index is 10.3. The molecule has 18 heavy (non-hydrogen) atoms. The van der Waals surface area contributed by atoms with E-state index < -0.39 is 0 Å². The Morgan fingerprint density at radius 2 is 1.22 bits per heavy atom. The fourth-order valence-corrected chi connectivity index (χ4v) is 2.25. The third kappa shape index (κ3) is 7.50. The van der Waals surface area contributed by atoms with Crippen molar-refractivity contribution >= 4 is 0 Å². The van der Waals surface area contributed by atoms with Gasteiger partial charge in [0.25, 0.3) is 0 Å². The minimum Gasteiger partial charge on any atom is -0.237 e. The lowest BCUT2D eigenvalue weighted by Gasteiger charge is -2.03. The molecule has 0 N–H and O–H groups in total. The first-order valence-corrected chi connectivity index (χ1v) is 7.46. The van der Waals surface area contributed by atoms with Crippen molar-refractivity contribution in [3.8, 4) is 0 Å². The second kappa shape index (κ2) is 10.1. The summed E-state index contributed by atoms with van der Waals surface area (Å²) in [4.78, 5) is 0. The van der Waals surface area contributed by atoms with Crippen LogP contribution in [0.5, 0.6) is 0 Å². The van der Waals surface area contributed by atoms with Crippen LogP contribution in [0.25, 0.3) is 0 Å². The first-order valence-electron chi connectivity index (χ1n) is 7.46. The molecule has 1 nitrogen and oxygen atoms in total. The number of hydrogen-bond acceptors (Lipinski definition) is 0. The van der Waals surface area contributed by atoms with Gasteiger partial charge in [-0.05, 0) is 31.7 Å². The van der Waals surface area contributed by atoms with Crippen LogP contribution in [0.3, 0.4) is 0 Å². The van der Waals surface area contributed by atoms with E-state index >= 15 is 0 Å². The van der Waals surface area contributed by atoms with Crippen molar-refractivity contribution in [3.05, 3.63) is 35.4 Å². The summed E-state index contributed by atoms with van der Waals surface area (Å²) < 4.78 is 0. The van der Waals surface area contributed by atoms with Crippen LogP contribution in [0.4, 0.5) is 0 Å². The van der Waals surface area contributed by atoms with Crippen LogP contribution in [0.1, 0.15) is 62.5 Å². The smallest absolute Gasteiger partial charge is 0.0822 e. The fraction of sp³-hybridized carbons (Fsp3) is 0.647. The molecule has 0 saturated carbocycles. The van der Waals surface area contributed by atoms with E-state index in [1.807, 2.05) is 0 Å². The Balaban J connectivity index is 1.91. The normalized spacial score (nSPS) is 10.8. The van der Waals surface area contributed by atoms with Crippen LogP contribution in [0.15, 0.2) is 24.3 Å². The second-order valence-electron chi connectivity index (χ2n) is 5.27. The highest BCUT2D eigenvalue weighted by molar-refractivity contribution is 5.21. The summed E-state index contributed by atoms with van der Waals surface area (Å²) >= 11 is 0. The lowest BCUT2D eigenvalue weighted by molar-refractivity contribution is 0.186. The van der Waals surface area contributed by atoms with E-state index in [1.54, 1.807) is 0 Å². The highest BCUT2D eigenvalue weighted by atomic mass is 16.2. The summed E-state index contributed by atoms with van der Waals surface area (Å²) in [5.74, 6) is 0. The van der Waals surface area contributed by atoms with Gasteiger partial charge >= 0.3 is 0 Å². The van der Waals surface area contributed by atoms with Gasteiger partial charge in [-0.2, -0.15) is 0 Å². The molecule has 0 amide bonds. The molecular formula is C17H27O. The molecular weight excluding hydrogens is 220 g/mol. The molecule has 1 aromatic rings. The van der Waals surface area contributed by atoms with E-state index in [9.17, 15) is 5.11 Å². The molecule has 0 aliphatic heterocycles. The van der Waals surface area contributed by atoms with Crippen molar-refractivity contribution in [2.75, 3.05) is 6.61 Å². The summed E-state index contributed by atoms with van der Waals surface area (Å²) in [6.07, 6.45) is 11.1. The van der Waals surface area contributed by atoms with Crippen LogP contribution in [-0.4, -0.2) is 6.61 Å². The topological polar surface area (TPSA) is 19.9 Å². The Labute approximate surface area is 112 Å². The van der Waals surface area contributed by atoms with Crippen molar-refractivity contribution < 1.29 is 5.11 Å². The molecule has 0 aromatic heterocycles. The van der Waals surface area contributed by atoms with Gasteiger partial charge < -0.3 is 0 Å². The zero-order chi connectivity index (χ0) is 13.1. The van der Waals surface area contributed by atoms with Crippen LogP contribution in [-0.2, 0) is 11.5 Å². The minimum atomic E-state index is 0.108. The molecule has 101 valence electrons. The third-order valence-corrected chi connectivity index (χ3v) is 3.48. The van der Waals surface area contributed by atoms with Gasteiger partial charge in [0.05, 0.1) is 6.61 Å². The maximum Gasteiger partial charge on any atom is 0.0822 e. The first-order chi connectivity index (χ1) is 8.83. The highest BCUT2D eigenvalue weighted by Gasteiger charge is 1.95. The largest absolute Gasteiger partial charge is 0.237 e. The number of hydrogen-bond donors (Lipinski definition) is 0. The van der Waals surface area contributed by atoms with E-state index in [2.05, 4.69) is 31.2 Å². The van der Waals surface area contributed by atoms with E-state index in [0.29, 0.717) is 0 Å². The molecule has 0 fully saturated rings. The summed E-state index contributed by atoms with van der Waals surface area (Å²) in [6, 6.07) is 8.90. The highest BCUT2D eigenvalue weighted by Crippen LogP contribution is 2.11. The molecule has 0 heterocycles. The molecule has 0 bridgehead atoms. The molecule has 0 atom stereocenters. The molecule has 1 rings (SSSR count). The molecule has 1 radical (unpaired) electrons. The summed E-state index contributed by atoms with van der Waals surface area (Å²) in [5.41, 5.74) is 2.81. The van der Waals surface area contributed by atoms with Gasteiger partial charge in [-0.15, -0.1) is 0 Å². The average Bonchev–Trinajstić information content (AvgIpc) is 2.39. The average molecular weight is 247 g/mol. The van der Waals surface area contributed by atoms with Gasteiger partial charge in [0.2, 0.25) is 0 Å².